The first-order chi connectivity index (χ1) is 17.4. The molecule has 6 nitrogen and oxygen atoms in total. The minimum Gasteiger partial charge on any atom is -0.459 e. The summed E-state index contributed by atoms with van der Waals surface area (Å²) < 4.78 is 5.47. The van der Waals surface area contributed by atoms with Gasteiger partial charge in [-0.3, -0.25) is 14.5 Å². The Bertz CT molecular complexity index is 883. The second kappa shape index (κ2) is 12.4. The van der Waals surface area contributed by atoms with E-state index >= 15 is 0 Å². The van der Waals surface area contributed by atoms with Crippen LogP contribution in [0.25, 0.3) is 0 Å². The molecule has 2 fully saturated rings. The van der Waals surface area contributed by atoms with Crippen molar-refractivity contribution in [2.75, 3.05) is 45.8 Å². The van der Waals surface area contributed by atoms with Gasteiger partial charge in [0.25, 0.3) is 5.91 Å². The smallest absolute Gasteiger partial charge is 0.289 e. The van der Waals surface area contributed by atoms with Crippen molar-refractivity contribution in [1.29, 1.82) is 0 Å². The summed E-state index contributed by atoms with van der Waals surface area (Å²) in [6, 6.07) is 3.55. The minimum absolute atomic E-state index is 0.0205. The Hall–Kier alpha value is -2.08. The molecule has 1 aliphatic heterocycles. The van der Waals surface area contributed by atoms with Crippen molar-refractivity contribution in [3.8, 4) is 0 Å². The highest BCUT2D eigenvalue weighted by Crippen LogP contribution is 2.59. The van der Waals surface area contributed by atoms with Gasteiger partial charge in [-0.05, 0) is 48.6 Å². The molecule has 2 heterocycles. The first kappa shape index (κ1) is 27.0. The molecule has 0 spiro atoms. The molecule has 2 amide bonds. The Morgan fingerprint density at radius 1 is 1.08 bits per heavy atom. The van der Waals surface area contributed by atoms with E-state index in [1.807, 2.05) is 9.80 Å². The zero-order valence-corrected chi connectivity index (χ0v) is 22.8. The van der Waals surface area contributed by atoms with Gasteiger partial charge < -0.3 is 14.2 Å². The Kier molecular flexibility index (Phi) is 9.32. The third-order valence-corrected chi connectivity index (χ3v) is 9.13. The van der Waals surface area contributed by atoms with Crippen molar-refractivity contribution in [1.82, 2.24) is 14.7 Å². The Balaban J connectivity index is 1.24. The lowest BCUT2D eigenvalue weighted by molar-refractivity contribution is -0.133. The monoisotopic (exact) mass is 497 g/mol. The van der Waals surface area contributed by atoms with Gasteiger partial charge in [0.2, 0.25) is 5.91 Å². The molecule has 2 bridgehead atoms. The number of allylic oxidation sites excluding steroid dienone is 1. The average molecular weight is 498 g/mol. The van der Waals surface area contributed by atoms with Crippen molar-refractivity contribution >= 4 is 11.8 Å². The number of furan rings is 1. The zero-order chi connectivity index (χ0) is 25.5. The van der Waals surface area contributed by atoms with E-state index in [9.17, 15) is 9.59 Å². The predicted octanol–water partition coefficient (Wildman–Crippen LogP) is 5.61. The molecule has 3 aliphatic carbocycles. The molecule has 5 rings (SSSR count). The van der Waals surface area contributed by atoms with Gasteiger partial charge in [0.15, 0.2) is 5.76 Å². The maximum atomic E-state index is 13.3. The second-order valence-corrected chi connectivity index (χ2v) is 11.8. The van der Waals surface area contributed by atoms with Crippen molar-refractivity contribution in [3.63, 3.8) is 0 Å². The number of carbonyl (C=O) groups excluding carboxylic acids is 2. The summed E-state index contributed by atoms with van der Waals surface area (Å²) >= 11 is 0. The number of unbranched alkanes of at least 4 members (excludes halogenated alkanes) is 5. The Morgan fingerprint density at radius 2 is 1.83 bits per heavy atom. The molecule has 4 aliphatic rings. The molecule has 0 N–H and O–H groups in total. The van der Waals surface area contributed by atoms with Gasteiger partial charge in [-0.25, -0.2) is 0 Å². The molecular weight excluding hydrogens is 450 g/mol. The summed E-state index contributed by atoms with van der Waals surface area (Å²) in [5.74, 6) is 2.09. The van der Waals surface area contributed by atoms with Gasteiger partial charge >= 0.3 is 0 Å². The van der Waals surface area contributed by atoms with Gasteiger partial charge in [-0.1, -0.05) is 64.5 Å². The predicted molar refractivity (Wildman–Crippen MR) is 144 cm³/mol. The van der Waals surface area contributed by atoms with Crippen LogP contribution in [0.15, 0.2) is 34.5 Å². The van der Waals surface area contributed by atoms with Crippen LogP contribution >= 0.6 is 0 Å². The van der Waals surface area contributed by atoms with E-state index in [1.54, 1.807) is 18.4 Å². The lowest BCUT2D eigenvalue weighted by atomic mass is 9.49. The third kappa shape index (κ3) is 6.42. The molecule has 36 heavy (non-hydrogen) atoms. The fourth-order valence-electron chi connectivity index (χ4n) is 6.38. The van der Waals surface area contributed by atoms with Crippen molar-refractivity contribution < 1.29 is 14.0 Å². The van der Waals surface area contributed by atoms with Gasteiger partial charge in [-0.15, -0.1) is 0 Å². The van der Waals surface area contributed by atoms with Crippen LogP contribution in [-0.2, 0) is 4.79 Å². The van der Waals surface area contributed by atoms with Crippen LogP contribution in [0.1, 0.15) is 89.1 Å². The number of carbonyl (C=O) groups is 2. The molecule has 0 aromatic carbocycles. The molecule has 1 saturated heterocycles. The van der Waals surface area contributed by atoms with Crippen LogP contribution in [0.3, 0.4) is 0 Å². The lowest BCUT2D eigenvalue weighted by Crippen LogP contribution is -2.52. The van der Waals surface area contributed by atoms with Crippen molar-refractivity contribution in [3.05, 3.63) is 35.8 Å². The van der Waals surface area contributed by atoms with E-state index in [0.29, 0.717) is 42.5 Å². The van der Waals surface area contributed by atoms with Crippen LogP contribution in [0.2, 0.25) is 0 Å². The zero-order valence-electron chi connectivity index (χ0n) is 22.8. The molecule has 0 radical (unpaired) electrons. The van der Waals surface area contributed by atoms with Crippen LogP contribution in [0.4, 0.5) is 0 Å². The first-order valence-electron chi connectivity index (χ1n) is 14.4. The van der Waals surface area contributed by atoms with Gasteiger partial charge in [0.1, 0.15) is 0 Å². The Morgan fingerprint density at radius 3 is 2.50 bits per heavy atom. The lowest BCUT2D eigenvalue weighted by Gasteiger charge is -2.57. The fraction of sp³-hybridized carbons (Fsp3) is 0.733. The summed E-state index contributed by atoms with van der Waals surface area (Å²) in [6.45, 7) is 12.5. The van der Waals surface area contributed by atoms with Crippen LogP contribution in [0, 0.1) is 17.3 Å². The average Bonchev–Trinajstić information content (AvgIpc) is 3.43. The number of hydrogen-bond acceptors (Lipinski definition) is 4. The van der Waals surface area contributed by atoms with Gasteiger partial charge in [0, 0.05) is 52.2 Å². The molecule has 2 unspecified atom stereocenters. The number of rotatable bonds is 13. The van der Waals surface area contributed by atoms with Gasteiger partial charge in [0.05, 0.1) is 6.26 Å². The van der Waals surface area contributed by atoms with Crippen molar-refractivity contribution in [2.24, 2.45) is 17.3 Å². The quantitative estimate of drug-likeness (QED) is 0.263. The summed E-state index contributed by atoms with van der Waals surface area (Å²) in [5.41, 5.74) is 1.77. The molecule has 200 valence electrons. The van der Waals surface area contributed by atoms with Gasteiger partial charge in [-0.2, -0.15) is 0 Å². The second-order valence-electron chi connectivity index (χ2n) is 11.8. The largest absolute Gasteiger partial charge is 0.459 e. The maximum absolute atomic E-state index is 13.3. The van der Waals surface area contributed by atoms with E-state index < -0.39 is 0 Å². The summed E-state index contributed by atoms with van der Waals surface area (Å²) in [6.07, 6.45) is 14.3. The number of hydrogen-bond donors (Lipinski definition) is 0. The molecule has 2 atom stereocenters. The van der Waals surface area contributed by atoms with Crippen LogP contribution in [-0.4, -0.2) is 72.3 Å². The van der Waals surface area contributed by atoms with E-state index in [4.69, 9.17) is 4.42 Å². The molecule has 1 aromatic heterocycles. The number of amides is 2. The number of piperazine rings is 1. The van der Waals surface area contributed by atoms with Crippen molar-refractivity contribution in [2.45, 2.75) is 78.6 Å². The standard InChI is InChI=1S/C30H47N3O3/c1-4-5-6-7-8-9-12-28(34)32-18-15-31(16-19-32)17-20-33(29(35)27-11-10-21-36-27)23-24-13-14-25-22-26(24)30(25,2)3/h10-11,13,21,25-26H,4-9,12,14-20,22-23H2,1-3H3. The topological polar surface area (TPSA) is 57.0 Å². The number of fused-ring (bicyclic) bond motifs is 1. The molecule has 1 aromatic rings. The summed E-state index contributed by atoms with van der Waals surface area (Å²) in [4.78, 5) is 32.3. The van der Waals surface area contributed by atoms with E-state index in [0.717, 1.165) is 51.5 Å². The highest BCUT2D eigenvalue weighted by molar-refractivity contribution is 5.91. The fourth-order valence-corrected chi connectivity index (χ4v) is 6.38. The highest BCUT2D eigenvalue weighted by atomic mass is 16.3. The van der Waals surface area contributed by atoms with E-state index in [2.05, 4.69) is 31.7 Å². The first-order valence-corrected chi connectivity index (χ1v) is 14.4. The summed E-state index contributed by atoms with van der Waals surface area (Å²) in [7, 11) is 0. The van der Waals surface area contributed by atoms with Crippen LogP contribution < -0.4 is 0 Å². The highest BCUT2D eigenvalue weighted by Gasteiger charge is 2.51. The Labute approximate surface area is 218 Å². The number of nitrogens with zero attached hydrogens (tertiary/aromatic N) is 3. The van der Waals surface area contributed by atoms with E-state index in [1.165, 1.54) is 44.1 Å². The van der Waals surface area contributed by atoms with Crippen LogP contribution in [0.5, 0.6) is 0 Å². The normalized spacial score (nSPS) is 23.2. The summed E-state index contributed by atoms with van der Waals surface area (Å²) in [5, 5.41) is 0. The maximum Gasteiger partial charge on any atom is 0.289 e. The minimum atomic E-state index is -0.0205. The molecule has 1 saturated carbocycles. The molecular formula is C30H47N3O3. The SMILES string of the molecule is CCCCCCCCC(=O)N1CCN(CCN(CC2=CCC3CC2C3(C)C)C(=O)c2ccco2)CC1. The molecule has 6 heteroatoms. The van der Waals surface area contributed by atoms with E-state index in [-0.39, 0.29) is 5.91 Å². The third-order valence-electron chi connectivity index (χ3n) is 9.13.